The molecule has 0 spiro atoms. The second kappa shape index (κ2) is 7.76. The van der Waals surface area contributed by atoms with Crippen molar-refractivity contribution in [1.82, 2.24) is 9.88 Å². The first-order valence-corrected chi connectivity index (χ1v) is 7.33. The van der Waals surface area contributed by atoms with Crippen LogP contribution in [0.2, 0.25) is 0 Å². The second-order valence-corrected chi connectivity index (χ2v) is 6.12. The molecular formula is C16H25N3O2. The van der Waals surface area contributed by atoms with Crippen LogP contribution in [0.15, 0.2) is 18.3 Å². The molecule has 0 bridgehead atoms. The summed E-state index contributed by atoms with van der Waals surface area (Å²) in [5.74, 6) is -0.0559. The van der Waals surface area contributed by atoms with E-state index in [1.54, 1.807) is 17.2 Å². The van der Waals surface area contributed by atoms with Crippen LogP contribution in [0.3, 0.4) is 0 Å². The summed E-state index contributed by atoms with van der Waals surface area (Å²) in [6.07, 6.45) is 1.59. The molecule has 0 aliphatic carbocycles. The quantitative estimate of drug-likeness (QED) is 0.848. The van der Waals surface area contributed by atoms with Gasteiger partial charge in [-0.25, -0.2) is 4.98 Å². The molecule has 1 rings (SSSR count). The number of nitrogens with one attached hydrogen (secondary N) is 1. The van der Waals surface area contributed by atoms with Crippen molar-refractivity contribution in [3.05, 3.63) is 23.9 Å². The third-order valence-electron chi connectivity index (χ3n) is 2.89. The van der Waals surface area contributed by atoms with Gasteiger partial charge in [-0.1, -0.05) is 33.8 Å². The van der Waals surface area contributed by atoms with Gasteiger partial charge in [-0.05, 0) is 30.4 Å². The van der Waals surface area contributed by atoms with Crippen molar-refractivity contribution in [3.8, 4) is 0 Å². The van der Waals surface area contributed by atoms with Crippen LogP contribution in [0, 0.1) is 18.8 Å². The standard InChI is InChI=1S/C16H25N3O2/c1-11(2)9-19(10-12(3)4)16(21)15(20)18-14-13(5)7-6-8-17-14/h6-8,11-12H,9-10H2,1-5H3,(H,17,18,20). The van der Waals surface area contributed by atoms with E-state index in [1.807, 2.05) is 40.7 Å². The van der Waals surface area contributed by atoms with Gasteiger partial charge in [-0.3, -0.25) is 9.59 Å². The van der Waals surface area contributed by atoms with Crippen LogP contribution >= 0.6 is 0 Å². The fourth-order valence-electron chi connectivity index (χ4n) is 2.04. The molecule has 0 aliphatic rings. The number of carbonyl (C=O) groups is 2. The number of aryl methyl sites for hydroxylation is 1. The number of amides is 2. The van der Waals surface area contributed by atoms with Crippen molar-refractivity contribution in [2.24, 2.45) is 11.8 Å². The summed E-state index contributed by atoms with van der Waals surface area (Å²) in [5, 5.41) is 2.60. The van der Waals surface area contributed by atoms with Crippen LogP contribution in [0.5, 0.6) is 0 Å². The lowest BCUT2D eigenvalue weighted by molar-refractivity contribution is -0.143. The third kappa shape index (κ3) is 5.53. The van der Waals surface area contributed by atoms with Crippen LogP contribution in [-0.4, -0.2) is 34.8 Å². The molecule has 21 heavy (non-hydrogen) atoms. The largest absolute Gasteiger partial charge is 0.334 e. The molecular weight excluding hydrogens is 266 g/mol. The number of hydrogen-bond acceptors (Lipinski definition) is 3. The summed E-state index contributed by atoms with van der Waals surface area (Å²) in [6.45, 7) is 11.1. The van der Waals surface area contributed by atoms with Crippen LogP contribution in [0.1, 0.15) is 33.3 Å². The second-order valence-electron chi connectivity index (χ2n) is 6.12. The molecule has 0 saturated heterocycles. The van der Waals surface area contributed by atoms with E-state index in [4.69, 9.17) is 0 Å². The number of pyridine rings is 1. The van der Waals surface area contributed by atoms with Gasteiger partial charge in [0.1, 0.15) is 5.82 Å². The first-order chi connectivity index (χ1) is 9.81. The summed E-state index contributed by atoms with van der Waals surface area (Å²) in [6, 6.07) is 3.63. The van der Waals surface area contributed by atoms with E-state index in [2.05, 4.69) is 10.3 Å². The highest BCUT2D eigenvalue weighted by atomic mass is 16.2. The summed E-state index contributed by atoms with van der Waals surface area (Å²) >= 11 is 0. The van der Waals surface area contributed by atoms with E-state index in [-0.39, 0.29) is 0 Å². The molecule has 0 aliphatic heterocycles. The molecule has 0 aromatic carbocycles. The number of carbonyl (C=O) groups excluding carboxylic acids is 2. The number of aromatic nitrogens is 1. The van der Waals surface area contributed by atoms with E-state index < -0.39 is 11.8 Å². The average molecular weight is 291 g/mol. The van der Waals surface area contributed by atoms with Gasteiger partial charge in [-0.15, -0.1) is 0 Å². The van der Waals surface area contributed by atoms with Crippen LogP contribution in [0.25, 0.3) is 0 Å². The third-order valence-corrected chi connectivity index (χ3v) is 2.89. The Kier molecular flexibility index (Phi) is 6.34. The smallest absolute Gasteiger partial charge is 0.315 e. The molecule has 116 valence electrons. The molecule has 1 aromatic rings. The Bertz CT molecular complexity index is 488. The van der Waals surface area contributed by atoms with Crippen LogP contribution in [-0.2, 0) is 9.59 Å². The van der Waals surface area contributed by atoms with E-state index >= 15 is 0 Å². The molecule has 5 nitrogen and oxygen atoms in total. The lowest BCUT2D eigenvalue weighted by atomic mass is 10.1. The van der Waals surface area contributed by atoms with Crippen LogP contribution < -0.4 is 5.32 Å². The molecule has 0 atom stereocenters. The normalized spacial score (nSPS) is 10.8. The van der Waals surface area contributed by atoms with E-state index in [1.165, 1.54) is 0 Å². The topological polar surface area (TPSA) is 62.3 Å². The van der Waals surface area contributed by atoms with E-state index in [0.717, 1.165) is 5.56 Å². The fourth-order valence-corrected chi connectivity index (χ4v) is 2.04. The van der Waals surface area contributed by atoms with Gasteiger partial charge in [0.05, 0.1) is 0 Å². The molecule has 0 radical (unpaired) electrons. The molecule has 1 aromatic heterocycles. The molecule has 1 N–H and O–H groups in total. The minimum atomic E-state index is -0.627. The first-order valence-electron chi connectivity index (χ1n) is 7.33. The maximum atomic E-state index is 12.3. The molecule has 1 heterocycles. The van der Waals surface area contributed by atoms with Crippen LogP contribution in [0.4, 0.5) is 5.82 Å². The Balaban J connectivity index is 2.78. The summed E-state index contributed by atoms with van der Waals surface area (Å²) in [4.78, 5) is 30.1. The fraction of sp³-hybridized carbons (Fsp3) is 0.562. The average Bonchev–Trinajstić information content (AvgIpc) is 2.38. The molecule has 0 fully saturated rings. The maximum Gasteiger partial charge on any atom is 0.315 e. The van der Waals surface area contributed by atoms with Gasteiger partial charge in [0.2, 0.25) is 0 Å². The minimum Gasteiger partial charge on any atom is -0.334 e. The Hall–Kier alpha value is -1.91. The van der Waals surface area contributed by atoms with Crippen molar-refractivity contribution in [1.29, 1.82) is 0 Å². The van der Waals surface area contributed by atoms with Crippen molar-refractivity contribution in [3.63, 3.8) is 0 Å². The van der Waals surface area contributed by atoms with Crippen molar-refractivity contribution < 1.29 is 9.59 Å². The lowest BCUT2D eigenvalue weighted by Crippen LogP contribution is -2.43. The summed E-state index contributed by atoms with van der Waals surface area (Å²) in [5.41, 5.74) is 0.831. The number of anilines is 1. The van der Waals surface area contributed by atoms with Crippen molar-refractivity contribution >= 4 is 17.6 Å². The lowest BCUT2D eigenvalue weighted by Gasteiger charge is -2.25. The van der Waals surface area contributed by atoms with Gasteiger partial charge in [0, 0.05) is 19.3 Å². The maximum absolute atomic E-state index is 12.3. The molecule has 5 heteroatoms. The Labute approximate surface area is 126 Å². The molecule has 2 amide bonds. The predicted octanol–water partition coefficient (Wildman–Crippen LogP) is 2.47. The zero-order chi connectivity index (χ0) is 16.0. The minimum absolute atomic E-state index is 0.317. The monoisotopic (exact) mass is 291 g/mol. The summed E-state index contributed by atoms with van der Waals surface area (Å²) in [7, 11) is 0. The van der Waals surface area contributed by atoms with Gasteiger partial charge in [0.25, 0.3) is 0 Å². The number of rotatable bonds is 5. The SMILES string of the molecule is Cc1cccnc1NC(=O)C(=O)N(CC(C)C)CC(C)C. The van der Waals surface area contributed by atoms with Crippen molar-refractivity contribution in [2.45, 2.75) is 34.6 Å². The van der Waals surface area contributed by atoms with E-state index in [0.29, 0.717) is 30.7 Å². The van der Waals surface area contributed by atoms with Crippen molar-refractivity contribution in [2.75, 3.05) is 18.4 Å². The predicted molar refractivity (Wildman–Crippen MR) is 83.9 cm³/mol. The van der Waals surface area contributed by atoms with E-state index in [9.17, 15) is 9.59 Å². The van der Waals surface area contributed by atoms with Gasteiger partial charge >= 0.3 is 11.8 Å². The highest BCUT2D eigenvalue weighted by Gasteiger charge is 2.23. The number of nitrogens with zero attached hydrogens (tertiary/aromatic N) is 2. The van der Waals surface area contributed by atoms with Gasteiger partial charge < -0.3 is 10.2 Å². The molecule has 0 saturated carbocycles. The Morgan fingerprint density at radius 2 is 1.76 bits per heavy atom. The number of hydrogen-bond donors (Lipinski definition) is 1. The zero-order valence-electron chi connectivity index (χ0n) is 13.5. The van der Waals surface area contributed by atoms with Gasteiger partial charge in [0.15, 0.2) is 0 Å². The Morgan fingerprint density at radius 3 is 2.24 bits per heavy atom. The first kappa shape index (κ1) is 17.1. The molecule has 0 unspecified atom stereocenters. The highest BCUT2D eigenvalue weighted by Crippen LogP contribution is 2.10. The summed E-state index contributed by atoms with van der Waals surface area (Å²) < 4.78 is 0. The Morgan fingerprint density at radius 1 is 1.19 bits per heavy atom. The zero-order valence-corrected chi connectivity index (χ0v) is 13.5. The highest BCUT2D eigenvalue weighted by molar-refractivity contribution is 6.39. The van der Waals surface area contributed by atoms with Gasteiger partial charge in [-0.2, -0.15) is 0 Å².